The first-order chi connectivity index (χ1) is 12.3. The molecule has 0 radical (unpaired) electrons. The SMILES string of the molecule is COc1ccc(C(=O)NC2CCc3ccccc32)cc1S(=O)(=O)N(C)C. The van der Waals surface area contributed by atoms with Gasteiger partial charge in [0.1, 0.15) is 10.6 Å². The second kappa shape index (κ2) is 7.09. The van der Waals surface area contributed by atoms with Gasteiger partial charge in [0.25, 0.3) is 5.91 Å². The normalized spacial score (nSPS) is 16.4. The van der Waals surface area contributed by atoms with Gasteiger partial charge in [0, 0.05) is 19.7 Å². The number of amides is 1. The Hall–Kier alpha value is -2.38. The number of methoxy groups -OCH3 is 1. The lowest BCUT2D eigenvalue weighted by Gasteiger charge is -2.17. The lowest BCUT2D eigenvalue weighted by atomic mass is 10.1. The summed E-state index contributed by atoms with van der Waals surface area (Å²) in [7, 11) is 0.562. The first-order valence-electron chi connectivity index (χ1n) is 8.34. The van der Waals surface area contributed by atoms with Crippen molar-refractivity contribution in [3.8, 4) is 5.75 Å². The molecule has 0 fully saturated rings. The van der Waals surface area contributed by atoms with E-state index >= 15 is 0 Å². The Labute approximate surface area is 153 Å². The second-order valence-electron chi connectivity index (χ2n) is 6.42. The summed E-state index contributed by atoms with van der Waals surface area (Å²) in [5.74, 6) is -0.0916. The summed E-state index contributed by atoms with van der Waals surface area (Å²) in [6.07, 6.45) is 1.76. The monoisotopic (exact) mass is 374 g/mol. The van der Waals surface area contributed by atoms with Crippen LogP contribution in [0.3, 0.4) is 0 Å². The number of rotatable bonds is 5. The summed E-state index contributed by atoms with van der Waals surface area (Å²) in [6.45, 7) is 0. The molecule has 1 unspecified atom stereocenters. The van der Waals surface area contributed by atoms with Crippen LogP contribution in [0.2, 0.25) is 0 Å². The zero-order valence-electron chi connectivity index (χ0n) is 15.0. The number of nitrogens with one attached hydrogen (secondary N) is 1. The molecule has 26 heavy (non-hydrogen) atoms. The molecule has 0 aromatic heterocycles. The molecule has 1 atom stereocenters. The molecule has 0 bridgehead atoms. The minimum absolute atomic E-state index is 0.0236. The van der Waals surface area contributed by atoms with Crippen molar-refractivity contribution in [3.63, 3.8) is 0 Å². The van der Waals surface area contributed by atoms with Crippen LogP contribution in [0, 0.1) is 0 Å². The third-order valence-corrected chi connectivity index (χ3v) is 6.46. The van der Waals surface area contributed by atoms with Gasteiger partial charge in [-0.15, -0.1) is 0 Å². The van der Waals surface area contributed by atoms with Crippen molar-refractivity contribution < 1.29 is 17.9 Å². The average molecular weight is 374 g/mol. The smallest absolute Gasteiger partial charge is 0.251 e. The van der Waals surface area contributed by atoms with Crippen LogP contribution in [-0.4, -0.2) is 39.8 Å². The number of hydrogen-bond acceptors (Lipinski definition) is 4. The molecular formula is C19H22N2O4S. The maximum atomic E-state index is 12.7. The highest BCUT2D eigenvalue weighted by Gasteiger charge is 2.26. The van der Waals surface area contributed by atoms with Crippen LogP contribution >= 0.6 is 0 Å². The van der Waals surface area contributed by atoms with E-state index in [0.717, 1.165) is 22.7 Å². The van der Waals surface area contributed by atoms with Crippen molar-refractivity contribution >= 4 is 15.9 Å². The number of carbonyl (C=O) groups excluding carboxylic acids is 1. The van der Waals surface area contributed by atoms with E-state index in [9.17, 15) is 13.2 Å². The number of hydrogen-bond donors (Lipinski definition) is 1. The predicted molar refractivity (Wildman–Crippen MR) is 98.8 cm³/mol. The first-order valence-corrected chi connectivity index (χ1v) is 9.78. The Bertz CT molecular complexity index is 938. The average Bonchev–Trinajstić information content (AvgIpc) is 3.04. The van der Waals surface area contributed by atoms with Gasteiger partial charge in [-0.3, -0.25) is 4.79 Å². The summed E-state index contributed by atoms with van der Waals surface area (Å²) < 4.78 is 31.3. The van der Waals surface area contributed by atoms with Gasteiger partial charge in [-0.25, -0.2) is 12.7 Å². The second-order valence-corrected chi connectivity index (χ2v) is 8.54. The van der Waals surface area contributed by atoms with E-state index in [1.165, 1.54) is 38.9 Å². The van der Waals surface area contributed by atoms with Crippen LogP contribution in [-0.2, 0) is 16.4 Å². The quantitative estimate of drug-likeness (QED) is 0.872. The maximum Gasteiger partial charge on any atom is 0.251 e. The molecule has 3 rings (SSSR count). The lowest BCUT2D eigenvalue weighted by Crippen LogP contribution is -2.28. The number of benzene rings is 2. The number of fused-ring (bicyclic) bond motifs is 1. The van der Waals surface area contributed by atoms with Crippen LogP contribution in [0.4, 0.5) is 0 Å². The molecule has 1 aliphatic carbocycles. The molecule has 0 saturated carbocycles. The van der Waals surface area contributed by atoms with Crippen LogP contribution in [0.5, 0.6) is 5.75 Å². The molecule has 1 N–H and O–H groups in total. The fraction of sp³-hybridized carbons (Fsp3) is 0.316. The van der Waals surface area contributed by atoms with E-state index in [4.69, 9.17) is 4.74 Å². The van der Waals surface area contributed by atoms with E-state index in [0.29, 0.717) is 0 Å². The van der Waals surface area contributed by atoms with Gasteiger partial charge in [-0.05, 0) is 42.2 Å². The molecule has 1 amide bonds. The van der Waals surface area contributed by atoms with Gasteiger partial charge in [0.05, 0.1) is 13.2 Å². The summed E-state index contributed by atoms with van der Waals surface area (Å²) in [4.78, 5) is 12.7. The van der Waals surface area contributed by atoms with Crippen molar-refractivity contribution in [1.29, 1.82) is 0 Å². The summed E-state index contributed by atoms with van der Waals surface area (Å²) in [5.41, 5.74) is 2.65. The number of nitrogens with zero attached hydrogens (tertiary/aromatic N) is 1. The topological polar surface area (TPSA) is 75.7 Å². The molecule has 0 saturated heterocycles. The summed E-state index contributed by atoms with van der Waals surface area (Å²) in [5, 5.41) is 3.01. The lowest BCUT2D eigenvalue weighted by molar-refractivity contribution is 0.0936. The molecule has 138 valence electrons. The molecule has 0 spiro atoms. The molecule has 0 heterocycles. The molecule has 2 aromatic carbocycles. The Morgan fingerprint density at radius 1 is 1.19 bits per heavy atom. The first kappa shape index (κ1) is 18.4. The van der Waals surface area contributed by atoms with E-state index in [2.05, 4.69) is 11.4 Å². The minimum atomic E-state index is -3.72. The van der Waals surface area contributed by atoms with E-state index in [-0.39, 0.29) is 28.2 Å². The van der Waals surface area contributed by atoms with Crippen LogP contribution in [0.1, 0.15) is 33.9 Å². The van der Waals surface area contributed by atoms with E-state index in [1.807, 2.05) is 18.2 Å². The van der Waals surface area contributed by atoms with Crippen molar-refractivity contribution in [3.05, 3.63) is 59.2 Å². The number of aryl methyl sites for hydroxylation is 1. The number of sulfonamides is 1. The zero-order chi connectivity index (χ0) is 18.9. The maximum absolute atomic E-state index is 12.7. The highest BCUT2D eigenvalue weighted by Crippen LogP contribution is 2.31. The van der Waals surface area contributed by atoms with Crippen molar-refractivity contribution in [2.75, 3.05) is 21.2 Å². The highest BCUT2D eigenvalue weighted by molar-refractivity contribution is 7.89. The Kier molecular flexibility index (Phi) is 5.02. The molecular weight excluding hydrogens is 352 g/mol. The molecule has 6 nitrogen and oxygen atoms in total. The van der Waals surface area contributed by atoms with Gasteiger partial charge in [-0.2, -0.15) is 0 Å². The fourth-order valence-corrected chi connectivity index (χ4v) is 4.24. The molecule has 2 aromatic rings. The standard InChI is InChI=1S/C19H22N2O4S/c1-21(2)26(23,24)18-12-14(9-11-17(18)25-3)19(22)20-16-10-8-13-6-4-5-7-15(13)16/h4-7,9,11-12,16H,8,10H2,1-3H3,(H,20,22). The van der Waals surface area contributed by atoms with Gasteiger partial charge < -0.3 is 10.1 Å². The summed E-state index contributed by atoms with van der Waals surface area (Å²) in [6, 6.07) is 12.4. The Balaban J connectivity index is 1.89. The highest BCUT2D eigenvalue weighted by atomic mass is 32.2. The zero-order valence-corrected chi connectivity index (χ0v) is 15.8. The van der Waals surface area contributed by atoms with Crippen LogP contribution in [0.15, 0.2) is 47.4 Å². The van der Waals surface area contributed by atoms with Crippen molar-refractivity contribution in [1.82, 2.24) is 9.62 Å². The summed E-state index contributed by atoms with van der Waals surface area (Å²) >= 11 is 0. The Morgan fingerprint density at radius 2 is 1.92 bits per heavy atom. The van der Waals surface area contributed by atoms with Crippen LogP contribution in [0.25, 0.3) is 0 Å². The van der Waals surface area contributed by atoms with E-state index < -0.39 is 10.0 Å². The van der Waals surface area contributed by atoms with Gasteiger partial charge in [-0.1, -0.05) is 24.3 Å². The third-order valence-electron chi connectivity index (χ3n) is 4.62. The molecule has 7 heteroatoms. The van der Waals surface area contributed by atoms with Gasteiger partial charge in [0.15, 0.2) is 0 Å². The van der Waals surface area contributed by atoms with Crippen molar-refractivity contribution in [2.45, 2.75) is 23.8 Å². The largest absolute Gasteiger partial charge is 0.495 e. The van der Waals surface area contributed by atoms with Crippen molar-refractivity contribution in [2.24, 2.45) is 0 Å². The number of carbonyl (C=O) groups is 1. The third kappa shape index (κ3) is 3.32. The fourth-order valence-electron chi connectivity index (χ4n) is 3.16. The molecule has 1 aliphatic rings. The Morgan fingerprint density at radius 3 is 2.62 bits per heavy atom. The van der Waals surface area contributed by atoms with Crippen LogP contribution < -0.4 is 10.1 Å². The predicted octanol–water partition coefficient (Wildman–Crippen LogP) is 2.36. The molecule has 0 aliphatic heterocycles. The van der Waals surface area contributed by atoms with Gasteiger partial charge in [0.2, 0.25) is 10.0 Å². The number of ether oxygens (including phenoxy) is 1. The minimum Gasteiger partial charge on any atom is -0.495 e. The van der Waals surface area contributed by atoms with E-state index in [1.54, 1.807) is 6.07 Å². The van der Waals surface area contributed by atoms with Gasteiger partial charge >= 0.3 is 0 Å².